The van der Waals surface area contributed by atoms with Crippen LogP contribution in [0.2, 0.25) is 0 Å². The number of rotatable bonds is 4. The number of phenolic OH excluding ortho intramolecular Hbond substituents is 1. The highest BCUT2D eigenvalue weighted by Crippen LogP contribution is 2.45. The normalized spacial score (nSPS) is 17.5. The third-order valence-electron chi connectivity index (χ3n) is 5.52. The lowest BCUT2D eigenvalue weighted by Gasteiger charge is -2.23. The van der Waals surface area contributed by atoms with E-state index in [1.54, 1.807) is 36.4 Å². The molecule has 1 unspecified atom stereocenters. The Morgan fingerprint density at radius 2 is 1.88 bits per heavy atom. The Morgan fingerprint density at radius 3 is 2.65 bits per heavy atom. The SMILES string of the molecule is COc1cccc(/C(O)=C2\C(=O)C(=O)N(c3nc4ccc(F)cc4s3)C2c2cccc(O)c2)c1. The summed E-state index contributed by atoms with van der Waals surface area (Å²) in [5, 5.41) is 21.4. The number of aromatic nitrogens is 1. The van der Waals surface area contributed by atoms with E-state index in [2.05, 4.69) is 4.98 Å². The lowest BCUT2D eigenvalue weighted by molar-refractivity contribution is -0.132. The monoisotopic (exact) mass is 476 g/mol. The maximum absolute atomic E-state index is 13.7. The number of amides is 1. The van der Waals surface area contributed by atoms with Crippen LogP contribution in [-0.4, -0.2) is 34.0 Å². The smallest absolute Gasteiger partial charge is 0.301 e. The summed E-state index contributed by atoms with van der Waals surface area (Å²) in [7, 11) is 1.47. The van der Waals surface area contributed by atoms with Gasteiger partial charge in [0.15, 0.2) is 5.13 Å². The number of methoxy groups -OCH3 is 1. The van der Waals surface area contributed by atoms with Crippen molar-refractivity contribution in [1.29, 1.82) is 0 Å². The maximum Gasteiger partial charge on any atom is 0.301 e. The zero-order valence-electron chi connectivity index (χ0n) is 17.7. The Labute approximate surface area is 197 Å². The summed E-state index contributed by atoms with van der Waals surface area (Å²) in [4.78, 5) is 32.0. The van der Waals surface area contributed by atoms with E-state index in [0.717, 1.165) is 11.3 Å². The van der Waals surface area contributed by atoms with Crippen molar-refractivity contribution >= 4 is 44.1 Å². The third kappa shape index (κ3) is 3.56. The van der Waals surface area contributed by atoms with E-state index < -0.39 is 23.5 Å². The zero-order chi connectivity index (χ0) is 24.0. The van der Waals surface area contributed by atoms with Crippen LogP contribution in [0.25, 0.3) is 16.0 Å². The fraction of sp³-hybridized carbons (Fsp3) is 0.0800. The van der Waals surface area contributed by atoms with Crippen molar-refractivity contribution in [2.24, 2.45) is 0 Å². The number of aliphatic hydroxyl groups is 1. The molecule has 1 saturated heterocycles. The van der Waals surface area contributed by atoms with E-state index in [4.69, 9.17) is 4.74 Å². The van der Waals surface area contributed by atoms with E-state index in [-0.39, 0.29) is 27.8 Å². The highest BCUT2D eigenvalue weighted by molar-refractivity contribution is 7.22. The van der Waals surface area contributed by atoms with Crippen molar-refractivity contribution in [3.63, 3.8) is 0 Å². The molecular weight excluding hydrogens is 459 g/mol. The van der Waals surface area contributed by atoms with E-state index >= 15 is 0 Å². The summed E-state index contributed by atoms with van der Waals surface area (Å²) in [6, 6.07) is 15.5. The van der Waals surface area contributed by atoms with Gasteiger partial charge in [-0.15, -0.1) is 0 Å². The number of hydrogen-bond donors (Lipinski definition) is 2. The number of anilines is 1. The van der Waals surface area contributed by atoms with Crippen molar-refractivity contribution < 1.29 is 28.9 Å². The number of carbonyl (C=O) groups excluding carboxylic acids is 2. The quantitative estimate of drug-likeness (QED) is 0.250. The van der Waals surface area contributed by atoms with E-state index in [1.807, 2.05) is 0 Å². The second-order valence-corrected chi connectivity index (χ2v) is 8.61. The summed E-state index contributed by atoms with van der Waals surface area (Å²) in [6.07, 6.45) is 0. The van der Waals surface area contributed by atoms with Gasteiger partial charge >= 0.3 is 5.91 Å². The minimum absolute atomic E-state index is 0.0733. The summed E-state index contributed by atoms with van der Waals surface area (Å²) in [6.45, 7) is 0. The Morgan fingerprint density at radius 1 is 1.09 bits per heavy atom. The summed E-state index contributed by atoms with van der Waals surface area (Å²) in [5.41, 5.74) is 0.989. The molecule has 4 aromatic rings. The number of nitrogens with zero attached hydrogens (tertiary/aromatic N) is 2. The molecule has 3 aromatic carbocycles. The van der Waals surface area contributed by atoms with E-state index in [0.29, 0.717) is 21.5 Å². The second-order valence-electron chi connectivity index (χ2n) is 7.60. The predicted molar refractivity (Wildman–Crippen MR) is 125 cm³/mol. The highest BCUT2D eigenvalue weighted by Gasteiger charge is 2.48. The number of ether oxygens (including phenoxy) is 1. The van der Waals surface area contributed by atoms with Gasteiger partial charge in [0.25, 0.3) is 5.78 Å². The molecule has 5 rings (SSSR count). The molecule has 1 aliphatic rings. The number of aromatic hydroxyl groups is 1. The van der Waals surface area contributed by atoms with Crippen molar-refractivity contribution in [3.8, 4) is 11.5 Å². The van der Waals surface area contributed by atoms with Gasteiger partial charge in [0.05, 0.1) is 28.9 Å². The third-order valence-corrected chi connectivity index (χ3v) is 6.54. The molecule has 1 aliphatic heterocycles. The highest BCUT2D eigenvalue weighted by atomic mass is 32.1. The largest absolute Gasteiger partial charge is 0.508 e. The molecule has 0 bridgehead atoms. The molecule has 1 aromatic heterocycles. The van der Waals surface area contributed by atoms with Crippen LogP contribution in [-0.2, 0) is 9.59 Å². The lowest BCUT2D eigenvalue weighted by atomic mass is 9.95. The van der Waals surface area contributed by atoms with Gasteiger partial charge in [-0.1, -0.05) is 35.6 Å². The number of aliphatic hydroxyl groups excluding tert-OH is 1. The van der Waals surface area contributed by atoms with Gasteiger partial charge in [0.2, 0.25) is 0 Å². The van der Waals surface area contributed by atoms with E-state index in [9.17, 15) is 24.2 Å². The Balaban J connectivity index is 1.74. The van der Waals surface area contributed by atoms with Crippen LogP contribution >= 0.6 is 11.3 Å². The molecule has 170 valence electrons. The average Bonchev–Trinajstić information content (AvgIpc) is 3.36. The fourth-order valence-corrected chi connectivity index (χ4v) is 4.97. The molecule has 1 fully saturated rings. The molecule has 2 N–H and O–H groups in total. The molecule has 2 heterocycles. The first kappa shape index (κ1) is 21.6. The van der Waals surface area contributed by atoms with Gasteiger partial charge in [-0.25, -0.2) is 9.37 Å². The number of hydrogen-bond acceptors (Lipinski definition) is 7. The average molecular weight is 476 g/mol. The molecule has 34 heavy (non-hydrogen) atoms. The number of thiazole rings is 1. The number of phenols is 1. The van der Waals surface area contributed by atoms with Gasteiger partial charge < -0.3 is 14.9 Å². The molecule has 0 saturated carbocycles. The Bertz CT molecular complexity index is 1500. The van der Waals surface area contributed by atoms with Crippen LogP contribution < -0.4 is 9.64 Å². The van der Waals surface area contributed by atoms with Crippen LogP contribution in [0.5, 0.6) is 11.5 Å². The molecule has 7 nitrogen and oxygen atoms in total. The zero-order valence-corrected chi connectivity index (χ0v) is 18.5. The van der Waals surface area contributed by atoms with Crippen LogP contribution in [0.4, 0.5) is 9.52 Å². The van der Waals surface area contributed by atoms with Crippen molar-refractivity contribution in [2.75, 3.05) is 12.0 Å². The molecule has 0 aliphatic carbocycles. The topological polar surface area (TPSA) is 100.0 Å². The number of benzene rings is 3. The number of halogens is 1. The van der Waals surface area contributed by atoms with Gasteiger partial charge in [0.1, 0.15) is 23.1 Å². The van der Waals surface area contributed by atoms with Crippen molar-refractivity contribution in [1.82, 2.24) is 4.98 Å². The molecule has 0 radical (unpaired) electrons. The van der Waals surface area contributed by atoms with Gasteiger partial charge in [-0.2, -0.15) is 0 Å². The lowest BCUT2D eigenvalue weighted by Crippen LogP contribution is -2.29. The number of carbonyl (C=O) groups is 2. The minimum Gasteiger partial charge on any atom is -0.508 e. The minimum atomic E-state index is -1.07. The fourth-order valence-electron chi connectivity index (χ4n) is 3.96. The van der Waals surface area contributed by atoms with Crippen molar-refractivity contribution in [2.45, 2.75) is 6.04 Å². The van der Waals surface area contributed by atoms with Crippen LogP contribution in [0.1, 0.15) is 17.2 Å². The Hall–Kier alpha value is -4.24. The summed E-state index contributed by atoms with van der Waals surface area (Å²) < 4.78 is 19.4. The van der Waals surface area contributed by atoms with Gasteiger partial charge in [-0.05, 0) is 48.0 Å². The predicted octanol–water partition coefficient (Wildman–Crippen LogP) is 4.78. The van der Waals surface area contributed by atoms with Gasteiger partial charge in [-0.3, -0.25) is 14.5 Å². The van der Waals surface area contributed by atoms with E-state index in [1.165, 1.54) is 42.3 Å². The number of Topliss-reactive ketones (excluding diaryl/α,β-unsaturated/α-hetero) is 1. The standard InChI is InChI=1S/C25H17FN2O5S/c1-33-17-7-3-5-14(11-17)22(30)20-21(13-4-2-6-16(29)10-13)28(24(32)23(20)31)25-27-18-9-8-15(26)12-19(18)34-25/h2-12,21,29-30H,1H3/b22-20+. The molecule has 1 amide bonds. The summed E-state index contributed by atoms with van der Waals surface area (Å²) in [5.74, 6) is -2.25. The first-order chi connectivity index (χ1) is 16.4. The van der Waals surface area contributed by atoms with Crippen LogP contribution in [0.3, 0.4) is 0 Å². The molecular formula is C25H17FN2O5S. The summed E-state index contributed by atoms with van der Waals surface area (Å²) >= 11 is 1.05. The van der Waals surface area contributed by atoms with Gasteiger partial charge in [0, 0.05) is 5.56 Å². The molecule has 9 heteroatoms. The maximum atomic E-state index is 13.7. The van der Waals surface area contributed by atoms with Crippen LogP contribution in [0.15, 0.2) is 72.3 Å². The van der Waals surface area contributed by atoms with Crippen molar-refractivity contribution in [3.05, 3.63) is 89.2 Å². The Kier molecular flexibility index (Phi) is 5.25. The molecule has 1 atom stereocenters. The second kappa shape index (κ2) is 8.27. The first-order valence-electron chi connectivity index (χ1n) is 10.2. The molecule has 0 spiro atoms. The van der Waals surface area contributed by atoms with Crippen LogP contribution in [0, 0.1) is 5.82 Å². The number of ketones is 1. The first-order valence-corrected chi connectivity index (χ1v) is 11.0. The number of fused-ring (bicyclic) bond motifs is 1.